The maximum Gasteiger partial charge on any atom is 0.326 e. The molecule has 0 saturated carbocycles. The van der Waals surface area contributed by atoms with Gasteiger partial charge >= 0.3 is 11.9 Å². The van der Waals surface area contributed by atoms with Crippen molar-refractivity contribution in [1.29, 1.82) is 0 Å². The first-order valence-corrected chi connectivity index (χ1v) is 25.4. The van der Waals surface area contributed by atoms with Crippen LogP contribution in [0, 0.1) is 11.8 Å². The van der Waals surface area contributed by atoms with E-state index in [-0.39, 0.29) is 51.1 Å². The summed E-state index contributed by atoms with van der Waals surface area (Å²) in [6.45, 7) is 7.28. The largest absolute Gasteiger partial charge is 0.481 e. The van der Waals surface area contributed by atoms with Gasteiger partial charge in [0.05, 0.1) is 18.8 Å². The molecule has 0 aromatic heterocycles. The summed E-state index contributed by atoms with van der Waals surface area (Å²) < 4.78 is 0. The Morgan fingerprint density at radius 3 is 1.72 bits per heavy atom. The lowest BCUT2D eigenvalue weighted by molar-refractivity contribution is -0.145. The highest BCUT2D eigenvalue weighted by atomic mass is 32.2. The summed E-state index contributed by atoms with van der Waals surface area (Å²) in [6.07, 6.45) is 0.670. The predicted molar refractivity (Wildman–Crippen MR) is 260 cm³/mol. The lowest BCUT2D eigenvalue weighted by Gasteiger charge is -2.33. The first-order valence-electron chi connectivity index (χ1n) is 24.0. The highest BCUT2D eigenvalue weighted by Gasteiger charge is 2.43. The summed E-state index contributed by atoms with van der Waals surface area (Å²) in [7, 11) is 0. The first-order chi connectivity index (χ1) is 33.5. The standard InChI is InChI=1S/C47H73N9O14S/c1-25(2)22-31(50-42(64)34-14-10-19-55(34)45(67)30(16-17-36(59)60)49-44(66)37(26(3)4)53-39(61)29(48)18-21-71-6)40(62)54-38(27(5)58)46(68)56-20-11-15-35(56)43(65)52-33(24-57)41(63)51-32(47(69)70)23-28-12-8-7-9-13-28/h7-9,12-13,25-27,29-35,37-38,57-58H,10-11,14-24,48H2,1-6H3,(H,49,66)(H,50,64)(H,51,63)(H,52,65)(H,53,61)(H,54,62)(H,59,60)(H,69,70)/t27-,29+,30+,31+,32+,33+,34+,35+,37+,38+/m1/s1. The molecule has 8 amide bonds. The van der Waals surface area contributed by atoms with Gasteiger partial charge in [0.15, 0.2) is 0 Å². The van der Waals surface area contributed by atoms with Crippen molar-refractivity contribution < 1.29 is 68.4 Å². The number of nitrogens with one attached hydrogen (secondary N) is 6. The fraction of sp³-hybridized carbons (Fsp3) is 0.660. The molecule has 2 heterocycles. The van der Waals surface area contributed by atoms with Gasteiger partial charge in [-0.2, -0.15) is 11.8 Å². The van der Waals surface area contributed by atoms with Gasteiger partial charge in [-0.05, 0) is 81.3 Å². The Kier molecular flexibility index (Phi) is 24.2. The molecule has 71 heavy (non-hydrogen) atoms. The van der Waals surface area contributed by atoms with Crippen molar-refractivity contribution in [2.75, 3.05) is 31.7 Å². The average Bonchev–Trinajstić information content (AvgIpc) is 4.02. The molecule has 1 aromatic carbocycles. The number of aliphatic carboxylic acids is 2. The third-order valence-corrected chi connectivity index (χ3v) is 12.9. The fourth-order valence-corrected chi connectivity index (χ4v) is 8.83. The van der Waals surface area contributed by atoms with E-state index < -0.39 is 139 Å². The average molecular weight is 1020 g/mol. The second-order valence-corrected chi connectivity index (χ2v) is 19.7. The van der Waals surface area contributed by atoms with E-state index in [0.29, 0.717) is 30.6 Å². The normalized spacial score (nSPS) is 19.0. The summed E-state index contributed by atoms with van der Waals surface area (Å²) in [4.78, 5) is 136. The van der Waals surface area contributed by atoms with Crippen LogP contribution in [-0.4, -0.2) is 182 Å². The number of amides is 8. The molecular formula is C47H73N9O14S. The van der Waals surface area contributed by atoms with Crippen LogP contribution in [-0.2, 0) is 54.4 Å². The van der Waals surface area contributed by atoms with Crippen molar-refractivity contribution >= 4 is 71.0 Å². The van der Waals surface area contributed by atoms with Gasteiger partial charge in [-0.15, -0.1) is 0 Å². The molecule has 1 aromatic rings. The molecule has 0 spiro atoms. The molecule has 2 aliphatic heterocycles. The molecule has 10 atom stereocenters. The number of hydrogen-bond donors (Lipinski definition) is 11. The number of carboxylic acids is 2. The Morgan fingerprint density at radius 2 is 1.21 bits per heavy atom. The zero-order valence-corrected chi connectivity index (χ0v) is 42.1. The zero-order chi connectivity index (χ0) is 53.1. The van der Waals surface area contributed by atoms with Crippen LogP contribution in [0.2, 0.25) is 0 Å². The molecule has 23 nitrogen and oxygen atoms in total. The van der Waals surface area contributed by atoms with Crippen molar-refractivity contribution in [3.8, 4) is 0 Å². The summed E-state index contributed by atoms with van der Waals surface area (Å²) >= 11 is 1.50. The Labute approximate surface area is 417 Å². The Hall–Kier alpha value is -5.85. The van der Waals surface area contributed by atoms with Crippen molar-refractivity contribution in [2.24, 2.45) is 17.6 Å². The molecule has 0 unspecified atom stereocenters. The minimum absolute atomic E-state index is 0.00899. The number of nitrogens with two attached hydrogens (primary N) is 1. The smallest absolute Gasteiger partial charge is 0.326 e. The van der Waals surface area contributed by atoms with Crippen molar-refractivity contribution in [3.63, 3.8) is 0 Å². The van der Waals surface area contributed by atoms with Gasteiger partial charge in [0.1, 0.15) is 48.3 Å². The third kappa shape index (κ3) is 18.1. The number of carboxylic acid groups (broad SMARTS) is 2. The first kappa shape index (κ1) is 59.5. The second kappa shape index (κ2) is 28.9. The van der Waals surface area contributed by atoms with Gasteiger partial charge in [0.2, 0.25) is 47.3 Å². The lowest BCUT2D eigenvalue weighted by Crippen LogP contribution is -2.62. The van der Waals surface area contributed by atoms with Crippen LogP contribution in [0.3, 0.4) is 0 Å². The molecule has 0 radical (unpaired) electrons. The lowest BCUT2D eigenvalue weighted by atomic mass is 10.0. The molecule has 24 heteroatoms. The topological polar surface area (TPSA) is 356 Å². The second-order valence-electron chi connectivity index (χ2n) is 18.7. The number of nitrogens with zero attached hydrogens (tertiary/aromatic N) is 2. The van der Waals surface area contributed by atoms with Crippen LogP contribution in [0.5, 0.6) is 0 Å². The van der Waals surface area contributed by atoms with Crippen LogP contribution >= 0.6 is 11.8 Å². The molecular weight excluding hydrogens is 947 g/mol. The predicted octanol–water partition coefficient (Wildman–Crippen LogP) is -1.78. The monoisotopic (exact) mass is 1020 g/mol. The Balaban J connectivity index is 1.75. The number of aliphatic hydroxyl groups excluding tert-OH is 2. The van der Waals surface area contributed by atoms with Gasteiger partial charge in [0, 0.05) is 25.9 Å². The number of rotatable bonds is 28. The molecule has 3 rings (SSSR count). The summed E-state index contributed by atoms with van der Waals surface area (Å²) in [6, 6.07) is -3.28. The minimum atomic E-state index is -1.64. The van der Waals surface area contributed by atoms with Crippen LogP contribution < -0.4 is 37.6 Å². The van der Waals surface area contributed by atoms with Crippen LogP contribution in [0.1, 0.15) is 91.5 Å². The Morgan fingerprint density at radius 1 is 0.676 bits per heavy atom. The van der Waals surface area contributed by atoms with Crippen LogP contribution in [0.15, 0.2) is 30.3 Å². The number of carbonyl (C=O) groups excluding carboxylic acids is 8. The van der Waals surface area contributed by atoms with Crippen molar-refractivity contribution in [2.45, 2.75) is 153 Å². The van der Waals surface area contributed by atoms with E-state index in [2.05, 4.69) is 31.9 Å². The molecule has 0 aliphatic carbocycles. The van der Waals surface area contributed by atoms with Crippen LogP contribution in [0.4, 0.5) is 0 Å². The number of hydrogen-bond acceptors (Lipinski definition) is 14. The summed E-state index contributed by atoms with van der Waals surface area (Å²) in [5.41, 5.74) is 6.63. The molecule has 2 fully saturated rings. The van der Waals surface area contributed by atoms with Crippen LogP contribution in [0.25, 0.3) is 0 Å². The number of likely N-dealkylation sites (tertiary alicyclic amines) is 2. The van der Waals surface area contributed by atoms with E-state index >= 15 is 0 Å². The number of carbonyl (C=O) groups is 10. The van der Waals surface area contributed by atoms with Gasteiger partial charge < -0.3 is 67.9 Å². The van der Waals surface area contributed by atoms with E-state index in [1.54, 1.807) is 58.0 Å². The number of thioether (sulfide) groups is 1. The van der Waals surface area contributed by atoms with E-state index in [1.807, 2.05) is 6.26 Å². The van der Waals surface area contributed by atoms with Crippen molar-refractivity contribution in [3.05, 3.63) is 35.9 Å². The van der Waals surface area contributed by atoms with Gasteiger partial charge in [-0.3, -0.25) is 43.2 Å². The van der Waals surface area contributed by atoms with E-state index in [1.165, 1.54) is 23.6 Å². The fourth-order valence-electron chi connectivity index (χ4n) is 8.34. The number of benzene rings is 1. The van der Waals surface area contributed by atoms with E-state index in [4.69, 9.17) is 5.73 Å². The van der Waals surface area contributed by atoms with Gasteiger partial charge in [0.25, 0.3) is 0 Å². The minimum Gasteiger partial charge on any atom is -0.481 e. The maximum absolute atomic E-state index is 14.2. The summed E-state index contributed by atoms with van der Waals surface area (Å²) in [5.74, 6) is -9.08. The highest BCUT2D eigenvalue weighted by molar-refractivity contribution is 7.98. The third-order valence-electron chi connectivity index (χ3n) is 12.3. The molecule has 0 bridgehead atoms. The summed E-state index contributed by atoms with van der Waals surface area (Å²) in [5, 5.41) is 55.3. The number of aliphatic hydroxyl groups is 2. The molecule has 2 saturated heterocycles. The van der Waals surface area contributed by atoms with E-state index in [0.717, 1.165) is 4.90 Å². The van der Waals surface area contributed by atoms with Gasteiger partial charge in [-0.25, -0.2) is 4.79 Å². The molecule has 12 N–H and O–H groups in total. The Bertz CT molecular complexity index is 2030. The molecule has 2 aliphatic rings. The van der Waals surface area contributed by atoms with E-state index in [9.17, 15) is 68.4 Å². The van der Waals surface area contributed by atoms with Crippen molar-refractivity contribution in [1.82, 2.24) is 41.7 Å². The quantitative estimate of drug-likeness (QED) is 0.0442. The highest BCUT2D eigenvalue weighted by Crippen LogP contribution is 2.23. The SMILES string of the molecule is CSCC[C@H](N)C(=O)N[C@H](C(=O)N[C@@H](CCC(=O)O)C(=O)N1CCC[C@H]1C(=O)N[C@@H](CC(C)C)C(=O)N[C@H](C(=O)N1CCC[C@H]1C(=O)N[C@@H](CO)C(=O)N[C@@H](Cc1ccccc1)C(=O)O)[C@@H](C)O)C(C)C. The zero-order valence-electron chi connectivity index (χ0n) is 41.3. The van der Waals surface area contributed by atoms with Gasteiger partial charge in [-0.1, -0.05) is 58.0 Å². The molecule has 396 valence electrons. The maximum atomic E-state index is 14.2.